The van der Waals surface area contributed by atoms with Crippen molar-refractivity contribution in [3.8, 4) is 0 Å². The highest BCUT2D eigenvalue weighted by Gasteiger charge is 2.30. The van der Waals surface area contributed by atoms with Gasteiger partial charge in [-0.1, -0.05) is 19.1 Å². The van der Waals surface area contributed by atoms with Gasteiger partial charge in [0.2, 0.25) is 11.9 Å². The zero-order valence-electron chi connectivity index (χ0n) is 24.1. The summed E-state index contributed by atoms with van der Waals surface area (Å²) >= 11 is 0. The van der Waals surface area contributed by atoms with Crippen LogP contribution in [0.3, 0.4) is 0 Å². The molecule has 0 unspecified atom stereocenters. The molecule has 1 saturated heterocycles. The minimum Gasteiger partial charge on any atom is -0.369 e. The Balaban J connectivity index is 1.28. The first-order chi connectivity index (χ1) is 19.8. The molecule has 10 heteroatoms. The third kappa shape index (κ3) is 4.99. The Morgan fingerprint density at radius 3 is 2.44 bits per heavy atom. The molecule has 41 heavy (non-hydrogen) atoms. The number of pyridine rings is 1. The summed E-state index contributed by atoms with van der Waals surface area (Å²) in [5.74, 6) is 0.509. The Morgan fingerprint density at radius 2 is 1.71 bits per heavy atom. The van der Waals surface area contributed by atoms with Crippen molar-refractivity contribution in [1.29, 1.82) is 0 Å². The van der Waals surface area contributed by atoms with E-state index in [1.165, 1.54) is 5.69 Å². The summed E-state index contributed by atoms with van der Waals surface area (Å²) in [7, 11) is 3.89. The lowest BCUT2D eigenvalue weighted by atomic mass is 10.1. The molecule has 2 aliphatic heterocycles. The van der Waals surface area contributed by atoms with Gasteiger partial charge in [-0.05, 0) is 55.9 Å². The molecule has 0 aliphatic carbocycles. The monoisotopic (exact) mass is 552 g/mol. The predicted molar refractivity (Wildman–Crippen MR) is 165 cm³/mol. The first kappa shape index (κ1) is 26.8. The summed E-state index contributed by atoms with van der Waals surface area (Å²) in [5.41, 5.74) is 5.75. The van der Waals surface area contributed by atoms with Crippen LogP contribution in [0.5, 0.6) is 0 Å². The largest absolute Gasteiger partial charge is 0.369 e. The average Bonchev–Trinajstić information content (AvgIpc) is 2.99. The summed E-state index contributed by atoms with van der Waals surface area (Å²) in [6.07, 6.45) is 2.18. The normalized spacial score (nSPS) is 15.8. The van der Waals surface area contributed by atoms with Crippen LogP contribution >= 0.6 is 0 Å². The molecule has 10 nitrogen and oxygen atoms in total. The van der Waals surface area contributed by atoms with Gasteiger partial charge in [0.1, 0.15) is 11.3 Å². The molecule has 2 aliphatic rings. The second-order valence-corrected chi connectivity index (χ2v) is 10.8. The fraction of sp³-hybridized carbons (Fsp3) is 0.355. The molecule has 4 heterocycles. The van der Waals surface area contributed by atoms with Crippen molar-refractivity contribution in [1.82, 2.24) is 19.4 Å². The third-order valence-electron chi connectivity index (χ3n) is 8.14. The van der Waals surface area contributed by atoms with Gasteiger partial charge in [-0.3, -0.25) is 14.2 Å². The number of benzene rings is 2. The Labute approximate surface area is 239 Å². The highest BCUT2D eigenvalue weighted by atomic mass is 16.2. The lowest BCUT2D eigenvalue weighted by Crippen LogP contribution is -2.44. The number of nitrogens with one attached hydrogen (secondary N) is 1. The van der Waals surface area contributed by atoms with E-state index in [2.05, 4.69) is 39.3 Å². The predicted octanol–water partition coefficient (Wildman–Crippen LogP) is 4.03. The number of fused-ring (bicyclic) bond motifs is 2. The number of anilines is 6. The lowest BCUT2D eigenvalue weighted by Gasteiger charge is -2.38. The van der Waals surface area contributed by atoms with Crippen molar-refractivity contribution in [2.75, 3.05) is 66.3 Å². The van der Waals surface area contributed by atoms with Crippen molar-refractivity contribution in [3.63, 3.8) is 0 Å². The number of nitrogens with zero attached hydrogens (tertiary/aromatic N) is 7. The van der Waals surface area contributed by atoms with E-state index in [0.717, 1.165) is 54.2 Å². The highest BCUT2D eigenvalue weighted by molar-refractivity contribution is 6.00. The van der Waals surface area contributed by atoms with Crippen LogP contribution in [0.1, 0.15) is 18.9 Å². The summed E-state index contributed by atoms with van der Waals surface area (Å²) < 4.78 is 1.58. The van der Waals surface area contributed by atoms with Crippen molar-refractivity contribution in [3.05, 3.63) is 70.6 Å². The van der Waals surface area contributed by atoms with Crippen LogP contribution in [0.2, 0.25) is 0 Å². The summed E-state index contributed by atoms with van der Waals surface area (Å²) in [4.78, 5) is 44.2. The van der Waals surface area contributed by atoms with Gasteiger partial charge in [-0.15, -0.1) is 0 Å². The zero-order chi connectivity index (χ0) is 28.7. The highest BCUT2D eigenvalue weighted by Crippen LogP contribution is 2.39. The van der Waals surface area contributed by atoms with Crippen LogP contribution in [0.25, 0.3) is 11.0 Å². The van der Waals surface area contributed by atoms with Gasteiger partial charge in [-0.25, -0.2) is 4.98 Å². The number of aryl methyl sites for hydroxylation is 2. The molecule has 0 spiro atoms. The van der Waals surface area contributed by atoms with E-state index in [1.54, 1.807) is 17.8 Å². The average molecular weight is 553 g/mol. The molecule has 2 aromatic carbocycles. The van der Waals surface area contributed by atoms with Crippen LogP contribution in [0.4, 0.5) is 34.4 Å². The number of para-hydroxylation sites is 1. The van der Waals surface area contributed by atoms with E-state index in [1.807, 2.05) is 60.0 Å². The zero-order valence-corrected chi connectivity index (χ0v) is 24.1. The van der Waals surface area contributed by atoms with Gasteiger partial charge >= 0.3 is 0 Å². The smallest absolute Gasteiger partial charge is 0.275 e. The van der Waals surface area contributed by atoms with E-state index in [0.29, 0.717) is 36.8 Å². The first-order valence-electron chi connectivity index (χ1n) is 14.2. The molecular weight excluding hydrogens is 516 g/mol. The number of carbonyl (C=O) groups excluding carboxylic acids is 1. The summed E-state index contributed by atoms with van der Waals surface area (Å²) in [6, 6.07) is 16.1. The Hall–Kier alpha value is -4.44. The van der Waals surface area contributed by atoms with Crippen molar-refractivity contribution in [2.45, 2.75) is 20.3 Å². The van der Waals surface area contributed by atoms with Gasteiger partial charge in [0.25, 0.3) is 5.56 Å². The molecule has 6 rings (SSSR count). The van der Waals surface area contributed by atoms with Crippen molar-refractivity contribution in [2.24, 2.45) is 7.05 Å². The standard InChI is InChI=1S/C31H36N8O2/c1-5-27(40)39-18-17-38(25-8-6-7-21(2)28(25)39)26-19-22-20-32-31(34-29(22)36(4)30(26)41)33-23-9-11-24(12-10-23)37-15-13-35(3)14-16-37/h6-12,19-20H,5,13-18H2,1-4H3,(H,32,33,34). The fourth-order valence-corrected chi connectivity index (χ4v) is 5.77. The Kier molecular flexibility index (Phi) is 7.08. The van der Waals surface area contributed by atoms with Gasteiger partial charge in [0.15, 0.2) is 0 Å². The van der Waals surface area contributed by atoms with Crippen molar-refractivity contribution >= 4 is 51.3 Å². The van der Waals surface area contributed by atoms with Crippen LogP contribution in [-0.2, 0) is 11.8 Å². The molecule has 0 atom stereocenters. The summed E-state index contributed by atoms with van der Waals surface area (Å²) in [5, 5.41) is 4.05. The van der Waals surface area contributed by atoms with E-state index < -0.39 is 0 Å². The van der Waals surface area contributed by atoms with Crippen LogP contribution in [-0.4, -0.2) is 71.7 Å². The van der Waals surface area contributed by atoms with E-state index in [4.69, 9.17) is 4.98 Å². The maximum Gasteiger partial charge on any atom is 0.275 e. The van der Waals surface area contributed by atoms with Crippen molar-refractivity contribution < 1.29 is 4.79 Å². The molecule has 0 saturated carbocycles. The van der Waals surface area contributed by atoms with Crippen LogP contribution < -0.4 is 25.6 Å². The SMILES string of the molecule is CCC(=O)N1CCN(c2cc3cnc(Nc4ccc(N5CCN(C)CC5)cc4)nc3n(C)c2=O)c2cccc(C)c21. The molecule has 1 amide bonds. The quantitative estimate of drug-likeness (QED) is 0.397. The fourth-order valence-electron chi connectivity index (χ4n) is 5.77. The Morgan fingerprint density at radius 1 is 0.951 bits per heavy atom. The van der Waals surface area contributed by atoms with E-state index >= 15 is 0 Å². The van der Waals surface area contributed by atoms with E-state index in [-0.39, 0.29) is 11.5 Å². The minimum atomic E-state index is -0.151. The molecule has 0 bridgehead atoms. The lowest BCUT2D eigenvalue weighted by molar-refractivity contribution is -0.118. The van der Waals surface area contributed by atoms with Crippen LogP contribution in [0.15, 0.2) is 59.5 Å². The van der Waals surface area contributed by atoms with Gasteiger partial charge in [0, 0.05) is 75.7 Å². The number of likely N-dealkylation sites (N-methyl/N-ethyl adjacent to an activating group) is 1. The molecule has 2 aromatic heterocycles. The number of amides is 1. The van der Waals surface area contributed by atoms with Gasteiger partial charge < -0.3 is 24.9 Å². The Bertz CT molecular complexity index is 1660. The number of piperazine rings is 1. The number of rotatable bonds is 5. The number of hydrogen-bond donors (Lipinski definition) is 1. The van der Waals surface area contributed by atoms with E-state index in [9.17, 15) is 9.59 Å². The first-order valence-corrected chi connectivity index (χ1v) is 14.2. The molecule has 1 N–H and O–H groups in total. The topological polar surface area (TPSA) is 89.8 Å². The third-order valence-corrected chi connectivity index (χ3v) is 8.14. The van der Waals surface area contributed by atoms with Gasteiger partial charge in [0.05, 0.1) is 11.4 Å². The number of hydrogen-bond acceptors (Lipinski definition) is 8. The number of aromatic nitrogens is 3. The maximum atomic E-state index is 13.7. The second kappa shape index (κ2) is 10.9. The second-order valence-electron chi connectivity index (χ2n) is 10.8. The molecule has 212 valence electrons. The van der Waals surface area contributed by atoms with Gasteiger partial charge in [-0.2, -0.15) is 4.98 Å². The molecule has 0 radical (unpaired) electrons. The molecular formula is C31H36N8O2. The molecule has 4 aromatic rings. The molecule has 1 fully saturated rings. The minimum absolute atomic E-state index is 0.0778. The van der Waals surface area contributed by atoms with Crippen LogP contribution in [0, 0.1) is 6.92 Å². The number of carbonyl (C=O) groups is 1. The maximum absolute atomic E-state index is 13.7. The summed E-state index contributed by atoms with van der Waals surface area (Å²) in [6.45, 7) is 9.07.